The highest BCUT2D eigenvalue weighted by molar-refractivity contribution is 5.94. The number of nitrogens with zero attached hydrogens (tertiary/aromatic N) is 1. The van der Waals surface area contributed by atoms with Crippen LogP contribution >= 0.6 is 0 Å². The molecule has 1 saturated heterocycles. The van der Waals surface area contributed by atoms with Gasteiger partial charge in [-0.05, 0) is 79.7 Å². The summed E-state index contributed by atoms with van der Waals surface area (Å²) in [6.07, 6.45) is 2.44. The average Bonchev–Trinajstić information content (AvgIpc) is 2.91. The molecule has 1 heterocycles. The van der Waals surface area contributed by atoms with Gasteiger partial charge < -0.3 is 21.1 Å². The van der Waals surface area contributed by atoms with E-state index in [4.69, 9.17) is 10.8 Å². The fourth-order valence-corrected chi connectivity index (χ4v) is 4.98. The second-order valence-corrected chi connectivity index (χ2v) is 9.79. The molecular formula is C30H35N3O3. The number of likely N-dealkylation sites (tertiary alicyclic amines) is 1. The summed E-state index contributed by atoms with van der Waals surface area (Å²) in [6.45, 7) is 2.71. The first kappa shape index (κ1) is 25.6. The van der Waals surface area contributed by atoms with Crippen molar-refractivity contribution in [2.24, 2.45) is 11.7 Å². The van der Waals surface area contributed by atoms with E-state index < -0.39 is 12.0 Å². The second kappa shape index (κ2) is 12.0. The molecule has 0 saturated carbocycles. The Balaban J connectivity index is 1.45. The van der Waals surface area contributed by atoms with Gasteiger partial charge in [-0.3, -0.25) is 9.59 Å². The molecule has 3 aromatic rings. The van der Waals surface area contributed by atoms with Gasteiger partial charge in [0, 0.05) is 18.0 Å². The molecule has 1 amide bonds. The highest BCUT2D eigenvalue weighted by Gasteiger charge is 2.27. The molecule has 4 rings (SSSR count). The number of hydrogen-bond donors (Lipinski definition) is 3. The zero-order valence-corrected chi connectivity index (χ0v) is 20.8. The topological polar surface area (TPSA) is 95.7 Å². The largest absolute Gasteiger partial charge is 0.480 e. The number of piperidine rings is 1. The van der Waals surface area contributed by atoms with E-state index in [0.29, 0.717) is 18.0 Å². The van der Waals surface area contributed by atoms with E-state index in [1.54, 1.807) is 24.3 Å². The summed E-state index contributed by atoms with van der Waals surface area (Å²) in [7, 11) is 2.16. The SMILES string of the molecule is CN1CCC([C@@H](CNC(=O)c2ccc(C[C@H](N)C(=O)O)cc2)c2ccc(-c3ccccc3)cc2)CC1. The van der Waals surface area contributed by atoms with E-state index in [1.165, 1.54) is 16.7 Å². The maximum absolute atomic E-state index is 13.0. The number of hydrogen-bond acceptors (Lipinski definition) is 4. The lowest BCUT2D eigenvalue weighted by Crippen LogP contribution is -2.37. The Kier molecular flexibility index (Phi) is 8.52. The summed E-state index contributed by atoms with van der Waals surface area (Å²) in [5, 5.41) is 12.2. The van der Waals surface area contributed by atoms with Crippen LogP contribution in [-0.2, 0) is 11.2 Å². The lowest BCUT2D eigenvalue weighted by molar-refractivity contribution is -0.138. The summed E-state index contributed by atoms with van der Waals surface area (Å²) in [4.78, 5) is 26.3. The Morgan fingerprint density at radius 1 is 0.944 bits per heavy atom. The van der Waals surface area contributed by atoms with Crippen LogP contribution in [0.2, 0.25) is 0 Å². The maximum atomic E-state index is 13.0. The molecule has 1 aliphatic heterocycles. The molecular weight excluding hydrogens is 450 g/mol. The average molecular weight is 486 g/mol. The summed E-state index contributed by atoms with van der Waals surface area (Å²) >= 11 is 0. The van der Waals surface area contributed by atoms with Crippen molar-refractivity contribution < 1.29 is 14.7 Å². The third-order valence-corrected chi connectivity index (χ3v) is 7.25. The fourth-order valence-electron chi connectivity index (χ4n) is 4.98. The van der Waals surface area contributed by atoms with Crippen molar-refractivity contribution in [2.45, 2.75) is 31.2 Å². The third-order valence-electron chi connectivity index (χ3n) is 7.25. The lowest BCUT2D eigenvalue weighted by Gasteiger charge is -2.35. The summed E-state index contributed by atoms with van der Waals surface area (Å²) in [5.74, 6) is -0.416. The van der Waals surface area contributed by atoms with Crippen LogP contribution in [0.1, 0.15) is 40.2 Å². The molecule has 0 bridgehead atoms. The number of carboxylic acid groups (broad SMARTS) is 1. The zero-order chi connectivity index (χ0) is 25.5. The van der Waals surface area contributed by atoms with Crippen LogP contribution in [0.3, 0.4) is 0 Å². The molecule has 6 nitrogen and oxygen atoms in total. The predicted molar refractivity (Wildman–Crippen MR) is 143 cm³/mol. The number of benzene rings is 3. The first-order valence-electron chi connectivity index (χ1n) is 12.6. The van der Waals surface area contributed by atoms with Crippen LogP contribution in [0.5, 0.6) is 0 Å². The van der Waals surface area contributed by atoms with Crippen LogP contribution in [0.4, 0.5) is 0 Å². The maximum Gasteiger partial charge on any atom is 0.320 e. The van der Waals surface area contributed by atoms with Crippen LogP contribution in [0.15, 0.2) is 78.9 Å². The quantitative estimate of drug-likeness (QED) is 0.423. The summed E-state index contributed by atoms with van der Waals surface area (Å²) in [6, 6.07) is 25.2. The van der Waals surface area contributed by atoms with Gasteiger partial charge in [-0.1, -0.05) is 66.7 Å². The van der Waals surface area contributed by atoms with Crippen LogP contribution in [0, 0.1) is 5.92 Å². The normalized spacial score (nSPS) is 16.3. The highest BCUT2D eigenvalue weighted by Crippen LogP contribution is 2.33. The van der Waals surface area contributed by atoms with Gasteiger partial charge in [0.15, 0.2) is 0 Å². The van der Waals surface area contributed by atoms with E-state index in [0.717, 1.165) is 31.5 Å². The molecule has 1 aliphatic rings. The first-order valence-corrected chi connectivity index (χ1v) is 12.6. The first-order chi connectivity index (χ1) is 17.4. The Hall–Kier alpha value is -3.48. The number of aliphatic carboxylic acids is 1. The molecule has 36 heavy (non-hydrogen) atoms. The standard InChI is InChI=1S/C30H35N3O3/c1-33-17-15-25(16-18-33)27(24-13-11-23(12-14-24)22-5-3-2-4-6-22)20-32-29(34)26-9-7-21(8-10-26)19-28(31)30(35)36/h2-14,25,27-28H,15-20,31H2,1H3,(H,32,34)(H,35,36)/t27-,28-/m0/s1. The minimum absolute atomic E-state index is 0.122. The van der Waals surface area contributed by atoms with Crippen LogP contribution in [0.25, 0.3) is 11.1 Å². The number of nitrogens with two attached hydrogens (primary N) is 1. The molecule has 6 heteroatoms. The Labute approximate surface area is 213 Å². The molecule has 0 unspecified atom stereocenters. The molecule has 0 aromatic heterocycles. The molecule has 2 atom stereocenters. The van der Waals surface area contributed by atoms with Crippen molar-refractivity contribution in [3.8, 4) is 11.1 Å². The van der Waals surface area contributed by atoms with Gasteiger partial charge >= 0.3 is 5.97 Å². The molecule has 1 fully saturated rings. The van der Waals surface area contributed by atoms with E-state index >= 15 is 0 Å². The number of carbonyl (C=O) groups is 2. The Bertz CT molecular complexity index is 1140. The monoisotopic (exact) mass is 485 g/mol. The van der Waals surface area contributed by atoms with Gasteiger partial charge in [-0.25, -0.2) is 0 Å². The van der Waals surface area contributed by atoms with Crippen molar-refractivity contribution in [2.75, 3.05) is 26.7 Å². The van der Waals surface area contributed by atoms with Gasteiger partial charge in [0.25, 0.3) is 5.91 Å². The minimum atomic E-state index is -1.03. The third kappa shape index (κ3) is 6.59. The van der Waals surface area contributed by atoms with Crippen molar-refractivity contribution in [3.63, 3.8) is 0 Å². The minimum Gasteiger partial charge on any atom is -0.480 e. The molecule has 0 spiro atoms. The molecule has 0 aliphatic carbocycles. The summed E-state index contributed by atoms with van der Waals surface area (Å²) < 4.78 is 0. The van der Waals surface area contributed by atoms with Gasteiger partial charge in [0.2, 0.25) is 0 Å². The Morgan fingerprint density at radius 3 is 2.17 bits per heavy atom. The zero-order valence-electron chi connectivity index (χ0n) is 20.8. The molecule has 3 aromatic carbocycles. The Morgan fingerprint density at radius 2 is 1.56 bits per heavy atom. The van der Waals surface area contributed by atoms with Crippen molar-refractivity contribution in [3.05, 3.63) is 95.6 Å². The highest BCUT2D eigenvalue weighted by atomic mass is 16.4. The van der Waals surface area contributed by atoms with E-state index in [2.05, 4.69) is 53.7 Å². The number of nitrogens with one attached hydrogen (secondary N) is 1. The van der Waals surface area contributed by atoms with Gasteiger partial charge in [0.05, 0.1) is 0 Å². The van der Waals surface area contributed by atoms with Gasteiger partial charge in [-0.2, -0.15) is 0 Å². The number of rotatable bonds is 9. The number of amides is 1. The molecule has 188 valence electrons. The van der Waals surface area contributed by atoms with Gasteiger partial charge in [-0.15, -0.1) is 0 Å². The summed E-state index contributed by atoms with van der Waals surface area (Å²) in [5.41, 5.74) is 10.6. The van der Waals surface area contributed by atoms with E-state index in [1.807, 2.05) is 18.2 Å². The van der Waals surface area contributed by atoms with Crippen LogP contribution < -0.4 is 11.1 Å². The van der Waals surface area contributed by atoms with Crippen molar-refractivity contribution in [1.82, 2.24) is 10.2 Å². The lowest BCUT2D eigenvalue weighted by atomic mass is 9.79. The second-order valence-electron chi connectivity index (χ2n) is 9.79. The number of carbonyl (C=O) groups excluding carboxylic acids is 1. The van der Waals surface area contributed by atoms with Crippen molar-refractivity contribution >= 4 is 11.9 Å². The van der Waals surface area contributed by atoms with Gasteiger partial charge in [0.1, 0.15) is 6.04 Å². The predicted octanol–water partition coefficient (Wildman–Crippen LogP) is 4.16. The smallest absolute Gasteiger partial charge is 0.320 e. The van der Waals surface area contributed by atoms with Crippen molar-refractivity contribution in [1.29, 1.82) is 0 Å². The number of carboxylic acids is 1. The fraction of sp³-hybridized carbons (Fsp3) is 0.333. The molecule has 0 radical (unpaired) electrons. The van der Waals surface area contributed by atoms with E-state index in [9.17, 15) is 9.59 Å². The van der Waals surface area contributed by atoms with Crippen LogP contribution in [-0.4, -0.2) is 54.6 Å². The molecule has 4 N–H and O–H groups in total. The van der Waals surface area contributed by atoms with E-state index in [-0.39, 0.29) is 18.2 Å².